The lowest BCUT2D eigenvalue weighted by Gasteiger charge is -2.27. The molecule has 4 nitrogen and oxygen atoms in total. The van der Waals surface area contributed by atoms with E-state index in [0.717, 1.165) is 0 Å². The number of Topliss-reactive ketones (excluding diaryl/α,β-unsaturated/α-hetero) is 1. The number of ketones is 1. The Balaban J connectivity index is 2.05. The molecule has 2 rings (SSSR count). The zero-order valence-electron chi connectivity index (χ0n) is 12.4. The van der Waals surface area contributed by atoms with Crippen molar-refractivity contribution in [1.29, 1.82) is 0 Å². The van der Waals surface area contributed by atoms with Crippen molar-refractivity contribution in [3.63, 3.8) is 0 Å². The molecule has 1 atom stereocenters. The minimum Gasteiger partial charge on any atom is -0.480 e. The molecule has 0 saturated heterocycles. The average molecular weight is 419 g/mol. The van der Waals surface area contributed by atoms with Crippen LogP contribution in [0.2, 0.25) is 10.2 Å². The highest BCUT2D eigenvalue weighted by atomic mass is 79.9. The highest BCUT2D eigenvalue weighted by molar-refractivity contribution is 9.09. The van der Waals surface area contributed by atoms with Crippen molar-refractivity contribution in [2.75, 3.05) is 0 Å². The van der Waals surface area contributed by atoms with E-state index >= 15 is 0 Å². The summed E-state index contributed by atoms with van der Waals surface area (Å²) in [6.07, 6.45) is 0. The van der Waals surface area contributed by atoms with Crippen LogP contribution in [0.15, 0.2) is 42.5 Å². The second-order valence-electron chi connectivity index (χ2n) is 5.16. The molecule has 23 heavy (non-hydrogen) atoms. The highest BCUT2D eigenvalue weighted by Gasteiger charge is 2.36. The number of nitrogens with zero attached hydrogens (tertiary/aromatic N) is 1. The smallest absolute Gasteiger partial charge is 0.226 e. The van der Waals surface area contributed by atoms with Gasteiger partial charge in [-0.1, -0.05) is 29.3 Å². The van der Waals surface area contributed by atoms with Gasteiger partial charge in [0.25, 0.3) is 0 Å². The first-order valence-electron chi connectivity index (χ1n) is 6.70. The van der Waals surface area contributed by atoms with Crippen molar-refractivity contribution in [2.45, 2.75) is 24.5 Å². The Bertz CT molecular complexity index is 692. The lowest BCUT2D eigenvalue weighted by Crippen LogP contribution is -2.44. The molecule has 0 N–H and O–H groups in total. The van der Waals surface area contributed by atoms with Crippen LogP contribution in [-0.2, 0) is 4.79 Å². The maximum Gasteiger partial charge on any atom is 0.226 e. The van der Waals surface area contributed by atoms with E-state index in [1.807, 2.05) is 0 Å². The Labute approximate surface area is 152 Å². The number of aromatic nitrogens is 1. The Morgan fingerprint density at radius 2 is 1.83 bits per heavy atom. The molecule has 1 aromatic carbocycles. The summed E-state index contributed by atoms with van der Waals surface area (Å²) in [5.74, 6) is 0.484. The monoisotopic (exact) mass is 417 g/mol. The van der Waals surface area contributed by atoms with Crippen LogP contribution in [0.4, 0.5) is 0 Å². The van der Waals surface area contributed by atoms with Gasteiger partial charge in [0.05, 0.1) is 0 Å². The lowest BCUT2D eigenvalue weighted by atomic mass is 10.0. The second kappa shape index (κ2) is 7.51. The van der Waals surface area contributed by atoms with E-state index in [2.05, 4.69) is 20.9 Å². The number of pyridine rings is 1. The minimum atomic E-state index is -1.11. The fourth-order valence-electron chi connectivity index (χ4n) is 1.74. The molecule has 0 spiro atoms. The van der Waals surface area contributed by atoms with Crippen molar-refractivity contribution in [2.24, 2.45) is 0 Å². The van der Waals surface area contributed by atoms with Gasteiger partial charge in [-0.3, -0.25) is 4.79 Å². The van der Waals surface area contributed by atoms with Gasteiger partial charge in [-0.2, -0.15) is 0 Å². The summed E-state index contributed by atoms with van der Waals surface area (Å²) >= 11 is 14.8. The largest absolute Gasteiger partial charge is 0.480 e. The summed E-state index contributed by atoms with van der Waals surface area (Å²) in [5, 5.41) is -0.0442. The number of benzene rings is 1. The number of carbonyl (C=O) groups excluding carboxylic acids is 1. The summed E-state index contributed by atoms with van der Waals surface area (Å²) in [4.78, 5) is 16.5. The first-order valence-corrected chi connectivity index (χ1v) is 8.37. The fraction of sp³-hybridized carbons (Fsp3) is 0.250. The molecule has 2 aromatic rings. The van der Waals surface area contributed by atoms with Gasteiger partial charge in [0.2, 0.25) is 16.7 Å². The third kappa shape index (κ3) is 5.09. The number of rotatable bonds is 6. The minimum absolute atomic E-state index is 0.245. The summed E-state index contributed by atoms with van der Waals surface area (Å²) in [7, 11) is 0. The SMILES string of the molecule is CC(C)(Oc1ccc(Cl)cc1)C(=O)C(Br)Oc1cccc(Cl)n1. The molecule has 0 saturated carbocycles. The predicted octanol–water partition coefficient (Wildman–Crippen LogP) is 4.91. The normalized spacial score (nSPS) is 12.6. The fourth-order valence-corrected chi connectivity index (χ4v) is 2.76. The topological polar surface area (TPSA) is 48.4 Å². The van der Waals surface area contributed by atoms with Crippen molar-refractivity contribution < 1.29 is 14.3 Å². The van der Waals surface area contributed by atoms with Gasteiger partial charge in [-0.25, -0.2) is 4.98 Å². The molecule has 7 heteroatoms. The van der Waals surface area contributed by atoms with Gasteiger partial charge in [0.15, 0.2) is 5.60 Å². The van der Waals surface area contributed by atoms with Crippen LogP contribution >= 0.6 is 39.1 Å². The van der Waals surface area contributed by atoms with E-state index in [9.17, 15) is 4.79 Å². The molecule has 1 heterocycles. The van der Waals surface area contributed by atoms with Crippen LogP contribution in [0.3, 0.4) is 0 Å². The molecule has 0 bridgehead atoms. The van der Waals surface area contributed by atoms with E-state index in [1.54, 1.807) is 56.3 Å². The summed E-state index contributed by atoms with van der Waals surface area (Å²) in [5.41, 5.74) is -1.11. The number of hydrogen-bond acceptors (Lipinski definition) is 4. The van der Waals surface area contributed by atoms with Crippen LogP contribution in [0, 0.1) is 0 Å². The van der Waals surface area contributed by atoms with Gasteiger partial charge < -0.3 is 9.47 Å². The van der Waals surface area contributed by atoms with Gasteiger partial charge in [0.1, 0.15) is 10.9 Å². The maximum absolute atomic E-state index is 12.5. The molecule has 0 amide bonds. The third-order valence-electron chi connectivity index (χ3n) is 2.90. The zero-order chi connectivity index (χ0) is 17.0. The van der Waals surface area contributed by atoms with E-state index < -0.39 is 10.6 Å². The standard InChI is InChI=1S/C16H14BrCl2NO3/c1-16(2,23-11-8-6-10(18)7-9-11)14(21)15(17)22-13-5-3-4-12(19)20-13/h3-9,15H,1-2H3. The van der Waals surface area contributed by atoms with E-state index in [0.29, 0.717) is 10.8 Å². The summed E-state index contributed by atoms with van der Waals surface area (Å²) in [6, 6.07) is 11.7. The molecular formula is C16H14BrCl2NO3. The molecule has 0 aliphatic heterocycles. The Morgan fingerprint density at radius 3 is 2.43 bits per heavy atom. The highest BCUT2D eigenvalue weighted by Crippen LogP contribution is 2.25. The Morgan fingerprint density at radius 1 is 1.17 bits per heavy atom. The molecule has 0 fully saturated rings. The van der Waals surface area contributed by atoms with Crippen molar-refractivity contribution in [3.8, 4) is 11.6 Å². The molecule has 1 unspecified atom stereocenters. The Hall–Kier alpha value is -1.30. The number of alkyl halides is 1. The molecular weight excluding hydrogens is 405 g/mol. The number of carbonyl (C=O) groups is 1. The first-order chi connectivity index (χ1) is 10.8. The van der Waals surface area contributed by atoms with E-state index in [1.165, 1.54) is 0 Å². The van der Waals surface area contributed by atoms with Gasteiger partial charge in [0, 0.05) is 11.1 Å². The quantitative estimate of drug-likeness (QED) is 0.493. The van der Waals surface area contributed by atoms with Crippen LogP contribution in [-0.4, -0.2) is 21.4 Å². The van der Waals surface area contributed by atoms with Gasteiger partial charge in [-0.15, -0.1) is 0 Å². The molecule has 0 aliphatic carbocycles. The van der Waals surface area contributed by atoms with Crippen LogP contribution in [0.25, 0.3) is 0 Å². The number of ether oxygens (including phenoxy) is 2. The lowest BCUT2D eigenvalue weighted by molar-refractivity contribution is -0.135. The number of halogens is 3. The first kappa shape index (κ1) is 18.0. The average Bonchev–Trinajstić information content (AvgIpc) is 2.48. The predicted molar refractivity (Wildman–Crippen MR) is 93.8 cm³/mol. The van der Waals surface area contributed by atoms with Crippen LogP contribution in [0.5, 0.6) is 11.6 Å². The van der Waals surface area contributed by atoms with Crippen LogP contribution < -0.4 is 9.47 Å². The summed E-state index contributed by atoms with van der Waals surface area (Å²) in [6.45, 7) is 3.32. The molecule has 1 aromatic heterocycles. The van der Waals surface area contributed by atoms with E-state index in [-0.39, 0.29) is 16.8 Å². The van der Waals surface area contributed by atoms with Gasteiger partial charge in [-0.05, 0) is 60.1 Å². The molecule has 122 valence electrons. The van der Waals surface area contributed by atoms with Crippen molar-refractivity contribution in [1.82, 2.24) is 4.98 Å². The maximum atomic E-state index is 12.5. The summed E-state index contributed by atoms with van der Waals surface area (Å²) < 4.78 is 11.2. The second-order valence-corrected chi connectivity index (χ2v) is 6.82. The van der Waals surface area contributed by atoms with Crippen LogP contribution in [0.1, 0.15) is 13.8 Å². The number of hydrogen-bond donors (Lipinski definition) is 0. The zero-order valence-corrected chi connectivity index (χ0v) is 15.5. The molecule has 0 radical (unpaired) electrons. The third-order valence-corrected chi connectivity index (χ3v) is 3.97. The van der Waals surface area contributed by atoms with Gasteiger partial charge >= 0.3 is 0 Å². The van der Waals surface area contributed by atoms with E-state index in [4.69, 9.17) is 32.7 Å². The Kier molecular flexibility index (Phi) is 5.89. The van der Waals surface area contributed by atoms with Crippen molar-refractivity contribution in [3.05, 3.63) is 52.6 Å². The van der Waals surface area contributed by atoms with Crippen molar-refractivity contribution >= 4 is 44.9 Å². The molecule has 0 aliphatic rings.